The van der Waals surface area contributed by atoms with E-state index in [4.69, 9.17) is 0 Å². The molecule has 0 unspecified atom stereocenters. The maximum absolute atomic E-state index is 4.44. The number of nitrogens with zero attached hydrogens (tertiary/aromatic N) is 1. The zero-order valence-electron chi connectivity index (χ0n) is 20.8. The van der Waals surface area contributed by atoms with Gasteiger partial charge in [0.25, 0.3) is 0 Å². The average Bonchev–Trinajstić information content (AvgIpc) is 2.95. The van der Waals surface area contributed by atoms with E-state index in [1.165, 1.54) is 65.7 Å². The van der Waals surface area contributed by atoms with Gasteiger partial charge in [-0.1, -0.05) is 109 Å². The van der Waals surface area contributed by atoms with Crippen LogP contribution in [-0.2, 0) is 0 Å². The standard InChI is InChI=1S/C36H26N/c1-24-8-6-9-27(20-24)35-31-11-2-4-13-33(31)36(34-14-5-3-12-32(34)35)28-18-16-25-15-17-26(21-30(25)22-28)29-10-7-19-37-23-29/h2-18,20-23H,19H2,1H3/q-1. The van der Waals surface area contributed by atoms with E-state index in [2.05, 4.69) is 134 Å². The van der Waals surface area contributed by atoms with E-state index in [9.17, 15) is 0 Å². The lowest BCUT2D eigenvalue weighted by Crippen LogP contribution is -1.91. The number of hydrogen-bond acceptors (Lipinski definition) is 0. The Balaban J connectivity index is 1.52. The van der Waals surface area contributed by atoms with Crippen molar-refractivity contribution in [3.8, 4) is 22.3 Å². The summed E-state index contributed by atoms with van der Waals surface area (Å²) < 4.78 is 0. The summed E-state index contributed by atoms with van der Waals surface area (Å²) in [4.78, 5) is 0. The molecule has 176 valence electrons. The Morgan fingerprint density at radius 2 is 1.14 bits per heavy atom. The van der Waals surface area contributed by atoms with E-state index in [0.717, 1.165) is 12.1 Å². The summed E-state index contributed by atoms with van der Waals surface area (Å²) in [6.45, 7) is 2.93. The van der Waals surface area contributed by atoms with Crippen LogP contribution in [0.1, 0.15) is 11.1 Å². The maximum atomic E-state index is 4.44. The Kier molecular flexibility index (Phi) is 5.15. The summed E-state index contributed by atoms with van der Waals surface area (Å²) in [5.41, 5.74) is 8.75. The van der Waals surface area contributed by atoms with E-state index in [-0.39, 0.29) is 0 Å². The van der Waals surface area contributed by atoms with Gasteiger partial charge in [0, 0.05) is 0 Å². The quantitative estimate of drug-likeness (QED) is 0.228. The van der Waals surface area contributed by atoms with Crippen molar-refractivity contribution in [3.05, 3.63) is 144 Å². The molecule has 0 N–H and O–H groups in total. The number of hydrogen-bond donors (Lipinski definition) is 0. The number of rotatable bonds is 3. The second kappa shape index (κ2) is 8.80. The molecule has 0 aliphatic carbocycles. The molecule has 0 radical (unpaired) electrons. The van der Waals surface area contributed by atoms with Crippen LogP contribution in [0.15, 0.2) is 128 Å². The molecule has 0 saturated heterocycles. The topological polar surface area (TPSA) is 14.1 Å². The molecule has 1 nitrogen and oxygen atoms in total. The molecule has 0 bridgehead atoms. The summed E-state index contributed by atoms with van der Waals surface area (Å²) in [6, 6.07) is 40.2. The number of allylic oxidation sites excluding steroid dienone is 2. The molecule has 1 aliphatic heterocycles. The van der Waals surface area contributed by atoms with Gasteiger partial charge in [-0.25, -0.2) is 0 Å². The van der Waals surface area contributed by atoms with Gasteiger partial charge in [0.05, 0.1) is 0 Å². The SMILES string of the molecule is Cc1cccc(-c2c3ccccc3c(-c3ccc4ccc(C5=C[N-]CC=C5)cc4c3)c3ccccc23)c1. The fourth-order valence-electron chi connectivity index (χ4n) is 5.74. The first-order valence-corrected chi connectivity index (χ1v) is 12.8. The van der Waals surface area contributed by atoms with E-state index in [1.54, 1.807) is 0 Å². The predicted octanol–water partition coefficient (Wildman–Crippen LogP) is 10.1. The van der Waals surface area contributed by atoms with Crippen molar-refractivity contribution < 1.29 is 0 Å². The minimum Gasteiger partial charge on any atom is -0.687 e. The molecule has 7 rings (SSSR count). The van der Waals surface area contributed by atoms with Gasteiger partial charge in [-0.05, 0) is 84.8 Å². The fourth-order valence-corrected chi connectivity index (χ4v) is 5.74. The zero-order chi connectivity index (χ0) is 24.8. The van der Waals surface area contributed by atoms with Gasteiger partial charge < -0.3 is 5.32 Å². The molecule has 6 aromatic rings. The third kappa shape index (κ3) is 3.72. The third-order valence-corrected chi connectivity index (χ3v) is 7.44. The van der Waals surface area contributed by atoms with Gasteiger partial charge in [0.15, 0.2) is 0 Å². The van der Waals surface area contributed by atoms with Crippen LogP contribution in [0.25, 0.3) is 65.5 Å². The summed E-state index contributed by atoms with van der Waals surface area (Å²) in [5.74, 6) is 0. The Bertz CT molecular complexity index is 1830. The highest BCUT2D eigenvalue weighted by Gasteiger charge is 2.16. The molecular weight excluding hydrogens is 446 g/mol. The van der Waals surface area contributed by atoms with Gasteiger partial charge in [-0.15, -0.1) is 12.6 Å². The van der Waals surface area contributed by atoms with Gasteiger partial charge in [-0.2, -0.15) is 6.20 Å². The Morgan fingerprint density at radius 3 is 1.73 bits per heavy atom. The van der Waals surface area contributed by atoms with Crippen LogP contribution in [0.4, 0.5) is 0 Å². The lowest BCUT2D eigenvalue weighted by molar-refractivity contribution is 1.41. The van der Waals surface area contributed by atoms with Crippen LogP contribution in [0, 0.1) is 6.92 Å². The van der Waals surface area contributed by atoms with Crippen LogP contribution in [0.3, 0.4) is 0 Å². The van der Waals surface area contributed by atoms with Crippen LogP contribution in [-0.4, -0.2) is 6.54 Å². The predicted molar refractivity (Wildman–Crippen MR) is 160 cm³/mol. The number of benzene rings is 6. The highest BCUT2D eigenvalue weighted by Crippen LogP contribution is 2.44. The van der Waals surface area contributed by atoms with Crippen molar-refractivity contribution in [2.45, 2.75) is 6.92 Å². The summed E-state index contributed by atoms with van der Waals surface area (Å²) in [6.07, 6.45) is 6.27. The van der Waals surface area contributed by atoms with Gasteiger partial charge in [-0.3, -0.25) is 0 Å². The molecule has 37 heavy (non-hydrogen) atoms. The first-order valence-electron chi connectivity index (χ1n) is 12.8. The van der Waals surface area contributed by atoms with Crippen molar-refractivity contribution in [2.75, 3.05) is 6.54 Å². The van der Waals surface area contributed by atoms with Crippen molar-refractivity contribution in [2.24, 2.45) is 0 Å². The lowest BCUT2D eigenvalue weighted by Gasteiger charge is -2.20. The van der Waals surface area contributed by atoms with E-state index >= 15 is 0 Å². The van der Waals surface area contributed by atoms with Crippen molar-refractivity contribution in [3.63, 3.8) is 0 Å². The molecular formula is C36H26N-. The summed E-state index contributed by atoms with van der Waals surface area (Å²) in [7, 11) is 0. The van der Waals surface area contributed by atoms with Gasteiger partial charge >= 0.3 is 0 Å². The first kappa shape index (κ1) is 21.6. The third-order valence-electron chi connectivity index (χ3n) is 7.44. The maximum Gasteiger partial charge on any atom is -0.00262 e. The van der Waals surface area contributed by atoms with Crippen LogP contribution in [0.2, 0.25) is 0 Å². The number of aryl methyl sites for hydroxylation is 1. The first-order chi connectivity index (χ1) is 18.3. The Morgan fingerprint density at radius 1 is 0.541 bits per heavy atom. The van der Waals surface area contributed by atoms with Crippen LogP contribution >= 0.6 is 0 Å². The van der Waals surface area contributed by atoms with Crippen molar-refractivity contribution in [1.82, 2.24) is 0 Å². The highest BCUT2D eigenvalue weighted by molar-refractivity contribution is 6.21. The molecule has 0 fully saturated rings. The largest absolute Gasteiger partial charge is 0.687 e. The van der Waals surface area contributed by atoms with Gasteiger partial charge in [0.1, 0.15) is 0 Å². The minimum atomic E-state index is 0.764. The van der Waals surface area contributed by atoms with Gasteiger partial charge in [0.2, 0.25) is 0 Å². The average molecular weight is 473 g/mol. The fraction of sp³-hybridized carbons (Fsp3) is 0.0556. The Labute approximate surface area is 217 Å². The van der Waals surface area contributed by atoms with E-state index in [0.29, 0.717) is 0 Å². The minimum absolute atomic E-state index is 0.764. The second-order valence-electron chi connectivity index (χ2n) is 9.84. The highest BCUT2D eigenvalue weighted by atomic mass is 14.8. The molecule has 0 atom stereocenters. The van der Waals surface area contributed by atoms with Crippen molar-refractivity contribution >= 4 is 37.9 Å². The van der Waals surface area contributed by atoms with Crippen molar-refractivity contribution in [1.29, 1.82) is 0 Å². The van der Waals surface area contributed by atoms with E-state index in [1.807, 2.05) is 6.20 Å². The normalized spacial score (nSPS) is 13.2. The van der Waals surface area contributed by atoms with Crippen LogP contribution < -0.4 is 0 Å². The molecule has 0 amide bonds. The smallest absolute Gasteiger partial charge is 0.00262 e. The molecule has 0 spiro atoms. The molecule has 0 saturated carbocycles. The monoisotopic (exact) mass is 472 g/mol. The zero-order valence-corrected chi connectivity index (χ0v) is 20.8. The summed E-state index contributed by atoms with van der Waals surface area (Å²) >= 11 is 0. The molecule has 0 aromatic heterocycles. The summed E-state index contributed by atoms with van der Waals surface area (Å²) in [5, 5.41) is 12.1. The van der Waals surface area contributed by atoms with Crippen LogP contribution in [0.5, 0.6) is 0 Å². The Hall–Kier alpha value is -4.62. The molecule has 1 heteroatoms. The lowest BCUT2D eigenvalue weighted by atomic mass is 9.85. The molecule has 1 heterocycles. The molecule has 1 aliphatic rings. The van der Waals surface area contributed by atoms with E-state index < -0.39 is 0 Å². The number of fused-ring (bicyclic) bond motifs is 3. The molecule has 6 aromatic carbocycles. The second-order valence-corrected chi connectivity index (χ2v) is 9.84.